The highest BCUT2D eigenvalue weighted by Crippen LogP contribution is 2.39. The predicted octanol–water partition coefficient (Wildman–Crippen LogP) is 12.0. The van der Waals surface area contributed by atoms with Gasteiger partial charge in [-0.25, -0.2) is 9.59 Å². The fraction of sp³-hybridized carbons (Fsp3) is 0.522. The molecule has 0 amide bonds. The summed E-state index contributed by atoms with van der Waals surface area (Å²) in [5.74, 6) is -0.861. The first-order chi connectivity index (χ1) is 29.0. The largest absolute Gasteiger partial charge is 0.488 e. The molecule has 1 atom stereocenters. The van der Waals surface area contributed by atoms with E-state index in [-0.39, 0.29) is 38.5 Å². The number of ether oxygens (including phenoxy) is 4. The molecule has 0 aromatic heterocycles. The molecule has 0 aliphatic heterocycles. The summed E-state index contributed by atoms with van der Waals surface area (Å²) in [5, 5.41) is 29.4. The number of non-ortho nitro benzene ring substituents is 1. The molecule has 0 heterocycles. The summed E-state index contributed by atoms with van der Waals surface area (Å²) in [6.45, 7) is 17.1. The Morgan fingerprint density at radius 3 is 1.93 bits per heavy atom. The quantitative estimate of drug-likeness (QED) is 0.0186. The van der Waals surface area contributed by atoms with Crippen molar-refractivity contribution >= 4 is 34.7 Å². The Morgan fingerprint density at radius 2 is 1.37 bits per heavy atom. The fourth-order valence-electron chi connectivity index (χ4n) is 6.50. The highest BCUT2D eigenvalue weighted by Gasteiger charge is 2.37. The lowest BCUT2D eigenvalue weighted by atomic mass is 9.90. The SMILES string of the molecule is C=CC(=O)OCCOC1=C(N=Nc2ccc(N(CCCCCCCC)CCCCCCCC)cc2C)CC(C)(OCCOC(=O)C=C)C(N=Nc2ccc([N+](=O)[O-])cc2)=C1. The van der Waals surface area contributed by atoms with Gasteiger partial charge in [0, 0.05) is 55.6 Å². The van der Waals surface area contributed by atoms with Gasteiger partial charge in [0.05, 0.1) is 28.6 Å². The van der Waals surface area contributed by atoms with Crippen LogP contribution in [0.3, 0.4) is 0 Å². The maximum Gasteiger partial charge on any atom is 0.330 e. The van der Waals surface area contributed by atoms with Gasteiger partial charge in [0.25, 0.3) is 5.69 Å². The number of aryl methyl sites for hydroxylation is 1. The van der Waals surface area contributed by atoms with Gasteiger partial charge in [-0.05, 0) is 62.6 Å². The summed E-state index contributed by atoms with van der Waals surface area (Å²) in [6.07, 6.45) is 18.8. The van der Waals surface area contributed by atoms with Crippen molar-refractivity contribution in [1.29, 1.82) is 0 Å². The van der Waals surface area contributed by atoms with E-state index in [0.717, 1.165) is 43.6 Å². The van der Waals surface area contributed by atoms with E-state index in [0.29, 0.717) is 28.5 Å². The van der Waals surface area contributed by atoms with Crippen molar-refractivity contribution < 1.29 is 33.5 Å². The Balaban J connectivity index is 1.95. The van der Waals surface area contributed by atoms with Crippen molar-refractivity contribution in [2.24, 2.45) is 20.5 Å². The molecule has 0 bridgehead atoms. The van der Waals surface area contributed by atoms with Crippen LogP contribution in [0.25, 0.3) is 0 Å². The van der Waals surface area contributed by atoms with E-state index in [1.54, 1.807) is 13.0 Å². The summed E-state index contributed by atoms with van der Waals surface area (Å²) >= 11 is 0. The van der Waals surface area contributed by atoms with Crippen LogP contribution in [-0.4, -0.2) is 62.0 Å². The van der Waals surface area contributed by atoms with Crippen molar-refractivity contribution in [3.63, 3.8) is 0 Å². The minimum absolute atomic E-state index is 0.00689. The van der Waals surface area contributed by atoms with Crippen molar-refractivity contribution in [2.75, 3.05) is 44.4 Å². The molecule has 0 radical (unpaired) electrons. The van der Waals surface area contributed by atoms with Gasteiger partial charge in [-0.1, -0.05) is 91.2 Å². The van der Waals surface area contributed by atoms with Crippen LogP contribution in [-0.2, 0) is 28.5 Å². The number of carbonyl (C=O) groups is 2. The first-order valence-electron chi connectivity index (χ1n) is 21.3. The number of azo groups is 2. The molecular formula is C46H64N6O8. The average molecular weight is 829 g/mol. The minimum Gasteiger partial charge on any atom is -0.488 e. The zero-order chi connectivity index (χ0) is 43.6. The van der Waals surface area contributed by atoms with Crippen LogP contribution in [0.15, 0.2) is 111 Å². The minimum atomic E-state index is -1.16. The van der Waals surface area contributed by atoms with Crippen LogP contribution in [0.2, 0.25) is 0 Å². The first-order valence-corrected chi connectivity index (χ1v) is 21.3. The summed E-state index contributed by atoms with van der Waals surface area (Å²) in [7, 11) is 0. The molecule has 0 N–H and O–H groups in total. The van der Waals surface area contributed by atoms with Crippen LogP contribution >= 0.6 is 0 Å². The van der Waals surface area contributed by atoms with Crippen molar-refractivity contribution in [2.45, 2.75) is 117 Å². The predicted molar refractivity (Wildman–Crippen MR) is 235 cm³/mol. The molecule has 1 unspecified atom stereocenters. The van der Waals surface area contributed by atoms with Crippen LogP contribution in [0.4, 0.5) is 22.7 Å². The van der Waals surface area contributed by atoms with Crippen LogP contribution in [0.1, 0.15) is 110 Å². The van der Waals surface area contributed by atoms with Gasteiger partial charge in [-0.2, -0.15) is 20.5 Å². The summed E-state index contributed by atoms with van der Waals surface area (Å²) in [6, 6.07) is 11.9. The van der Waals surface area contributed by atoms with E-state index in [1.165, 1.54) is 94.2 Å². The number of carbonyl (C=O) groups excluding carboxylic acids is 2. The second-order valence-corrected chi connectivity index (χ2v) is 14.9. The van der Waals surface area contributed by atoms with Gasteiger partial charge in [0.2, 0.25) is 0 Å². The molecule has 60 heavy (non-hydrogen) atoms. The Morgan fingerprint density at radius 1 is 0.783 bits per heavy atom. The fourth-order valence-corrected chi connectivity index (χ4v) is 6.50. The normalized spacial score (nSPS) is 15.2. The molecule has 326 valence electrons. The molecule has 0 spiro atoms. The third kappa shape index (κ3) is 17.4. The lowest BCUT2D eigenvalue weighted by molar-refractivity contribution is -0.384. The average Bonchev–Trinajstić information content (AvgIpc) is 3.25. The molecule has 14 heteroatoms. The monoisotopic (exact) mass is 828 g/mol. The number of rotatable bonds is 30. The van der Waals surface area contributed by atoms with Gasteiger partial charge in [-0.15, -0.1) is 0 Å². The summed E-state index contributed by atoms with van der Waals surface area (Å²) in [5.41, 5.74) is 2.73. The number of hydrogen-bond acceptors (Lipinski definition) is 13. The Hall–Kier alpha value is -5.50. The van der Waals surface area contributed by atoms with Gasteiger partial charge in [0.15, 0.2) is 0 Å². The Bertz CT molecular complexity index is 1810. The van der Waals surface area contributed by atoms with Crippen molar-refractivity contribution in [3.8, 4) is 0 Å². The molecule has 2 aromatic carbocycles. The number of nitro benzene ring substituents is 1. The molecule has 0 saturated heterocycles. The molecule has 3 rings (SSSR count). The molecule has 2 aromatic rings. The van der Waals surface area contributed by atoms with E-state index in [9.17, 15) is 19.7 Å². The second kappa shape index (κ2) is 27.3. The standard InChI is InChI=1S/C46H64N6O8/c1-7-11-13-15-17-19-27-51(28-20-18-16-14-12-8-2)39-25-26-40(36(5)33-39)48-49-41-35-46(6,60-32-31-59-45(54)10-4)43(34-42(41)57-29-30-58-44(53)9-3)50-47-37-21-23-38(24-22-37)52(55)56/h9-10,21-26,33-34H,3-4,7-8,11-20,27-32,35H2,1-2,5-6H3. The van der Waals surface area contributed by atoms with Crippen molar-refractivity contribution in [3.05, 3.63) is 107 Å². The topological polar surface area (TPSA) is 167 Å². The zero-order valence-corrected chi connectivity index (χ0v) is 36.1. The first kappa shape index (κ1) is 48.9. The van der Waals surface area contributed by atoms with Gasteiger partial charge >= 0.3 is 11.9 Å². The van der Waals surface area contributed by atoms with Gasteiger partial charge < -0.3 is 23.8 Å². The summed E-state index contributed by atoms with van der Waals surface area (Å²) in [4.78, 5) is 36.6. The molecule has 0 fully saturated rings. The highest BCUT2D eigenvalue weighted by atomic mass is 16.6. The Labute approximate surface area is 355 Å². The lowest BCUT2D eigenvalue weighted by Crippen LogP contribution is -2.35. The van der Waals surface area contributed by atoms with Crippen LogP contribution in [0, 0.1) is 17.0 Å². The lowest BCUT2D eigenvalue weighted by Gasteiger charge is -2.33. The maximum atomic E-state index is 11.7. The maximum absolute atomic E-state index is 11.7. The van der Waals surface area contributed by atoms with Crippen LogP contribution in [0.5, 0.6) is 0 Å². The van der Waals surface area contributed by atoms with Crippen LogP contribution < -0.4 is 4.90 Å². The number of anilines is 1. The molecular weight excluding hydrogens is 765 g/mol. The molecule has 14 nitrogen and oxygen atoms in total. The molecule has 1 aliphatic carbocycles. The van der Waals surface area contributed by atoms with E-state index >= 15 is 0 Å². The van der Waals surface area contributed by atoms with Gasteiger partial charge in [-0.3, -0.25) is 10.1 Å². The number of hydrogen-bond donors (Lipinski definition) is 0. The third-order valence-corrected chi connectivity index (χ3v) is 9.99. The smallest absolute Gasteiger partial charge is 0.330 e. The Kier molecular flexibility index (Phi) is 22.2. The number of esters is 2. The zero-order valence-electron chi connectivity index (χ0n) is 36.1. The second-order valence-electron chi connectivity index (χ2n) is 14.9. The number of nitrogens with zero attached hydrogens (tertiary/aromatic N) is 6. The molecule has 0 saturated carbocycles. The number of unbranched alkanes of at least 4 members (excludes halogenated alkanes) is 10. The van der Waals surface area contributed by atoms with E-state index in [1.807, 2.05) is 13.0 Å². The number of allylic oxidation sites excluding steroid dienone is 1. The number of nitro groups is 1. The number of benzene rings is 2. The van der Waals surface area contributed by atoms with E-state index < -0.39 is 22.5 Å². The molecule has 1 aliphatic rings. The van der Waals surface area contributed by atoms with E-state index in [2.05, 4.69) is 54.3 Å². The third-order valence-electron chi connectivity index (χ3n) is 9.99. The highest BCUT2D eigenvalue weighted by molar-refractivity contribution is 5.81. The van der Waals surface area contributed by atoms with Crippen molar-refractivity contribution in [1.82, 2.24) is 0 Å². The van der Waals surface area contributed by atoms with E-state index in [4.69, 9.17) is 29.2 Å². The summed E-state index contributed by atoms with van der Waals surface area (Å²) < 4.78 is 22.7. The van der Waals surface area contributed by atoms with Gasteiger partial charge in [0.1, 0.15) is 36.9 Å².